The second-order valence-corrected chi connectivity index (χ2v) is 7.47. The Labute approximate surface area is 172 Å². The van der Waals surface area contributed by atoms with Crippen LogP contribution in [0, 0.1) is 0 Å². The molecule has 3 heterocycles. The van der Waals surface area contributed by atoms with E-state index in [-0.39, 0.29) is 36.1 Å². The fourth-order valence-corrected chi connectivity index (χ4v) is 4.09. The molecule has 2 aliphatic heterocycles. The second kappa shape index (κ2) is 7.18. The zero-order chi connectivity index (χ0) is 20.7. The molecular formula is C23H19N3O4. The number of nitrogens with one attached hydrogen (secondary N) is 2. The van der Waals surface area contributed by atoms with E-state index in [9.17, 15) is 14.4 Å². The number of rotatable bonds is 3. The summed E-state index contributed by atoms with van der Waals surface area (Å²) in [6, 6.07) is 17.5. The van der Waals surface area contributed by atoms with Crippen LogP contribution in [0.4, 0.5) is 5.69 Å². The molecule has 0 aliphatic carbocycles. The van der Waals surface area contributed by atoms with Gasteiger partial charge in [0, 0.05) is 12.6 Å². The van der Waals surface area contributed by atoms with Gasteiger partial charge in [-0.1, -0.05) is 36.4 Å². The lowest BCUT2D eigenvalue weighted by molar-refractivity contribution is -0.119. The minimum atomic E-state index is -0.632. The molecule has 3 aromatic rings. The molecule has 0 spiro atoms. The maximum absolute atomic E-state index is 13.3. The van der Waals surface area contributed by atoms with E-state index >= 15 is 0 Å². The maximum Gasteiger partial charge on any atom is 0.287 e. The predicted octanol–water partition coefficient (Wildman–Crippen LogP) is 2.91. The summed E-state index contributed by atoms with van der Waals surface area (Å²) in [4.78, 5) is 39.9. The van der Waals surface area contributed by atoms with Gasteiger partial charge in [0.15, 0.2) is 5.76 Å². The summed E-state index contributed by atoms with van der Waals surface area (Å²) >= 11 is 0. The number of amides is 3. The first-order chi connectivity index (χ1) is 14.6. The van der Waals surface area contributed by atoms with Crippen molar-refractivity contribution in [3.8, 4) is 11.1 Å². The van der Waals surface area contributed by atoms with Gasteiger partial charge in [-0.2, -0.15) is 0 Å². The number of nitrogens with zero attached hydrogens (tertiary/aromatic N) is 1. The van der Waals surface area contributed by atoms with Gasteiger partial charge in [-0.25, -0.2) is 0 Å². The van der Waals surface area contributed by atoms with Crippen LogP contribution in [-0.4, -0.2) is 41.2 Å². The molecule has 30 heavy (non-hydrogen) atoms. The van der Waals surface area contributed by atoms with Crippen molar-refractivity contribution in [3.05, 3.63) is 78.3 Å². The van der Waals surface area contributed by atoms with Crippen LogP contribution >= 0.6 is 0 Å². The van der Waals surface area contributed by atoms with Crippen molar-refractivity contribution in [2.24, 2.45) is 0 Å². The van der Waals surface area contributed by atoms with Crippen LogP contribution in [0.15, 0.2) is 71.3 Å². The molecule has 5 rings (SSSR count). The Bertz CT molecular complexity index is 1120. The zero-order valence-electron chi connectivity index (χ0n) is 16.0. The topological polar surface area (TPSA) is 91.7 Å². The van der Waals surface area contributed by atoms with Gasteiger partial charge in [0.05, 0.1) is 17.5 Å². The minimum Gasteiger partial charge on any atom is -0.459 e. The Balaban J connectivity index is 1.42. The SMILES string of the molecule is O=C(N[C@H]1C[C@H]2C(=O)Nc3ccc(-c4ccccc4)cc3C(=O)N2C1)c1ccco1. The first kappa shape index (κ1) is 18.2. The third kappa shape index (κ3) is 3.14. The molecule has 1 aromatic heterocycles. The average molecular weight is 401 g/mol. The summed E-state index contributed by atoms with van der Waals surface area (Å²) in [6.07, 6.45) is 1.78. The van der Waals surface area contributed by atoms with Gasteiger partial charge in [-0.15, -0.1) is 0 Å². The molecule has 2 aromatic carbocycles. The van der Waals surface area contributed by atoms with Crippen molar-refractivity contribution in [3.63, 3.8) is 0 Å². The number of furan rings is 1. The predicted molar refractivity (Wildman–Crippen MR) is 110 cm³/mol. The van der Waals surface area contributed by atoms with Gasteiger partial charge in [0.2, 0.25) is 5.91 Å². The summed E-state index contributed by atoms with van der Waals surface area (Å²) in [5.41, 5.74) is 2.85. The zero-order valence-corrected chi connectivity index (χ0v) is 16.0. The van der Waals surface area contributed by atoms with Gasteiger partial charge in [-0.3, -0.25) is 14.4 Å². The van der Waals surface area contributed by atoms with Crippen molar-refractivity contribution in [1.82, 2.24) is 10.2 Å². The van der Waals surface area contributed by atoms with Crippen molar-refractivity contribution >= 4 is 23.4 Å². The van der Waals surface area contributed by atoms with Crippen LogP contribution in [0.5, 0.6) is 0 Å². The molecule has 1 fully saturated rings. The van der Waals surface area contributed by atoms with E-state index in [4.69, 9.17) is 4.42 Å². The van der Waals surface area contributed by atoms with Crippen LogP contribution in [0.1, 0.15) is 27.3 Å². The average Bonchev–Trinajstić information content (AvgIpc) is 3.43. The van der Waals surface area contributed by atoms with Crippen LogP contribution in [0.25, 0.3) is 11.1 Å². The van der Waals surface area contributed by atoms with E-state index < -0.39 is 6.04 Å². The monoisotopic (exact) mass is 401 g/mol. The normalized spacial score (nSPS) is 20.2. The molecule has 7 heteroatoms. The Hall–Kier alpha value is -3.87. The molecular weight excluding hydrogens is 382 g/mol. The second-order valence-electron chi connectivity index (χ2n) is 7.47. The third-order valence-corrected chi connectivity index (χ3v) is 5.56. The fourth-order valence-electron chi connectivity index (χ4n) is 4.09. The van der Waals surface area contributed by atoms with Crippen LogP contribution in [0.2, 0.25) is 0 Å². The van der Waals surface area contributed by atoms with Gasteiger partial charge < -0.3 is 20.0 Å². The van der Waals surface area contributed by atoms with E-state index in [1.54, 1.807) is 23.1 Å². The van der Waals surface area contributed by atoms with E-state index in [2.05, 4.69) is 10.6 Å². The molecule has 2 aliphatic rings. The molecule has 1 saturated heterocycles. The molecule has 0 saturated carbocycles. The fraction of sp³-hybridized carbons (Fsp3) is 0.174. The standard InChI is InChI=1S/C23H19N3O4/c27-21-19-12-16(24-22(28)20-7-4-10-30-20)13-26(19)23(29)17-11-15(8-9-18(17)25-21)14-5-2-1-3-6-14/h1-11,16,19H,12-13H2,(H,24,28)(H,25,27)/t16-,19-/m0/s1. The van der Waals surface area contributed by atoms with Gasteiger partial charge in [0.1, 0.15) is 6.04 Å². The first-order valence-electron chi connectivity index (χ1n) is 9.76. The Kier molecular flexibility index (Phi) is 4.35. The lowest BCUT2D eigenvalue weighted by atomic mass is 10.0. The molecule has 2 atom stereocenters. The van der Waals surface area contributed by atoms with E-state index in [0.29, 0.717) is 17.7 Å². The van der Waals surface area contributed by atoms with Crippen LogP contribution < -0.4 is 10.6 Å². The summed E-state index contributed by atoms with van der Waals surface area (Å²) in [5, 5.41) is 5.73. The van der Waals surface area contributed by atoms with Gasteiger partial charge >= 0.3 is 0 Å². The summed E-state index contributed by atoms with van der Waals surface area (Å²) in [5.74, 6) is -0.627. The van der Waals surface area contributed by atoms with Crippen LogP contribution in [0.3, 0.4) is 0 Å². The highest BCUT2D eigenvalue weighted by Crippen LogP contribution is 2.32. The molecule has 150 valence electrons. The molecule has 0 unspecified atom stereocenters. The minimum absolute atomic E-state index is 0.200. The lowest BCUT2D eigenvalue weighted by Crippen LogP contribution is -2.41. The lowest BCUT2D eigenvalue weighted by Gasteiger charge is -2.20. The van der Waals surface area contributed by atoms with E-state index in [1.807, 2.05) is 42.5 Å². The molecule has 2 N–H and O–H groups in total. The number of benzene rings is 2. The van der Waals surface area contributed by atoms with E-state index in [0.717, 1.165) is 11.1 Å². The number of hydrogen-bond acceptors (Lipinski definition) is 4. The third-order valence-electron chi connectivity index (χ3n) is 5.56. The van der Waals surface area contributed by atoms with Crippen molar-refractivity contribution in [2.75, 3.05) is 11.9 Å². The largest absolute Gasteiger partial charge is 0.459 e. The quantitative estimate of drug-likeness (QED) is 0.706. The molecule has 0 radical (unpaired) electrons. The number of anilines is 1. The highest BCUT2D eigenvalue weighted by molar-refractivity contribution is 6.11. The number of carbonyl (C=O) groups is 3. The summed E-state index contributed by atoms with van der Waals surface area (Å²) in [6.45, 7) is 0.262. The molecule has 3 amide bonds. The number of hydrogen-bond donors (Lipinski definition) is 2. The summed E-state index contributed by atoms with van der Waals surface area (Å²) < 4.78 is 5.12. The Morgan fingerprint density at radius 2 is 1.87 bits per heavy atom. The number of carbonyl (C=O) groups excluding carboxylic acids is 3. The number of fused-ring (bicyclic) bond motifs is 2. The van der Waals surface area contributed by atoms with Gasteiger partial charge in [-0.05, 0) is 41.8 Å². The van der Waals surface area contributed by atoms with E-state index in [1.165, 1.54) is 6.26 Å². The van der Waals surface area contributed by atoms with Gasteiger partial charge in [0.25, 0.3) is 11.8 Å². The van der Waals surface area contributed by atoms with Crippen molar-refractivity contribution < 1.29 is 18.8 Å². The highest BCUT2D eigenvalue weighted by Gasteiger charge is 2.43. The first-order valence-corrected chi connectivity index (χ1v) is 9.76. The Morgan fingerprint density at radius 1 is 1.03 bits per heavy atom. The molecule has 7 nitrogen and oxygen atoms in total. The van der Waals surface area contributed by atoms with Crippen molar-refractivity contribution in [2.45, 2.75) is 18.5 Å². The van der Waals surface area contributed by atoms with Crippen molar-refractivity contribution in [1.29, 1.82) is 0 Å². The maximum atomic E-state index is 13.3. The van der Waals surface area contributed by atoms with Crippen LogP contribution in [-0.2, 0) is 4.79 Å². The smallest absolute Gasteiger partial charge is 0.287 e. The summed E-state index contributed by atoms with van der Waals surface area (Å²) in [7, 11) is 0. The highest BCUT2D eigenvalue weighted by atomic mass is 16.3. The molecule has 0 bridgehead atoms. The Morgan fingerprint density at radius 3 is 2.63 bits per heavy atom.